The quantitative estimate of drug-likeness (QED) is 0.846. The third-order valence-corrected chi connectivity index (χ3v) is 4.41. The average Bonchev–Trinajstić information content (AvgIpc) is 3.10. The van der Waals surface area contributed by atoms with Crippen molar-refractivity contribution in [1.82, 2.24) is 14.5 Å². The lowest BCUT2D eigenvalue weighted by molar-refractivity contribution is 0.234. The van der Waals surface area contributed by atoms with Crippen LogP contribution in [0.5, 0.6) is 5.75 Å². The van der Waals surface area contributed by atoms with Gasteiger partial charge in [0.1, 0.15) is 11.6 Å². The van der Waals surface area contributed by atoms with Crippen LogP contribution in [0.4, 0.5) is 0 Å². The van der Waals surface area contributed by atoms with E-state index in [2.05, 4.69) is 33.6 Å². The van der Waals surface area contributed by atoms with E-state index in [9.17, 15) is 0 Å². The van der Waals surface area contributed by atoms with Gasteiger partial charge in [0.2, 0.25) is 0 Å². The molecule has 4 nitrogen and oxygen atoms in total. The van der Waals surface area contributed by atoms with E-state index in [-0.39, 0.29) is 0 Å². The van der Waals surface area contributed by atoms with E-state index in [1.807, 2.05) is 24.5 Å². The summed E-state index contributed by atoms with van der Waals surface area (Å²) in [5, 5.41) is 0. The molecular formula is C17H23N3O. The Bertz CT molecular complexity index is 593. The van der Waals surface area contributed by atoms with Gasteiger partial charge in [0, 0.05) is 25.5 Å². The second kappa shape index (κ2) is 6.31. The van der Waals surface area contributed by atoms with Crippen molar-refractivity contribution in [3.63, 3.8) is 0 Å². The van der Waals surface area contributed by atoms with Crippen molar-refractivity contribution in [2.24, 2.45) is 7.05 Å². The molecule has 0 spiro atoms. The van der Waals surface area contributed by atoms with E-state index < -0.39 is 0 Å². The van der Waals surface area contributed by atoms with Gasteiger partial charge in [0.25, 0.3) is 0 Å². The first-order chi connectivity index (χ1) is 10.3. The van der Waals surface area contributed by atoms with Crippen molar-refractivity contribution in [3.8, 4) is 5.75 Å². The molecule has 0 bridgehead atoms. The molecular weight excluding hydrogens is 262 g/mol. The molecule has 0 saturated carbocycles. The summed E-state index contributed by atoms with van der Waals surface area (Å²) in [4.78, 5) is 7.00. The van der Waals surface area contributed by atoms with Crippen molar-refractivity contribution in [2.45, 2.75) is 31.8 Å². The molecule has 3 rings (SSSR count). The van der Waals surface area contributed by atoms with Crippen LogP contribution in [0.1, 0.15) is 24.2 Å². The van der Waals surface area contributed by atoms with Gasteiger partial charge in [-0.2, -0.15) is 0 Å². The Morgan fingerprint density at radius 3 is 2.95 bits per heavy atom. The summed E-state index contributed by atoms with van der Waals surface area (Å²) in [6, 6.07) is 8.93. The van der Waals surface area contributed by atoms with Crippen LogP contribution in [0.3, 0.4) is 0 Å². The van der Waals surface area contributed by atoms with Crippen molar-refractivity contribution in [3.05, 3.63) is 48.0 Å². The van der Waals surface area contributed by atoms with E-state index in [0.717, 1.165) is 31.1 Å². The summed E-state index contributed by atoms with van der Waals surface area (Å²) in [5.74, 6) is 2.14. The lowest BCUT2D eigenvalue weighted by atomic mass is 10.0. The van der Waals surface area contributed by atoms with Gasteiger partial charge in [0.05, 0.1) is 13.7 Å². The van der Waals surface area contributed by atoms with Gasteiger partial charge >= 0.3 is 0 Å². The molecule has 1 aliphatic heterocycles. The second-order valence-corrected chi connectivity index (χ2v) is 5.74. The molecule has 4 heteroatoms. The van der Waals surface area contributed by atoms with Gasteiger partial charge in [-0.25, -0.2) is 4.98 Å². The number of methoxy groups -OCH3 is 1. The standard InChI is InChI=1S/C17H23N3O/c1-19-11-9-18-17(19)13-20-10-5-7-15(20)12-14-6-3-4-8-16(14)21-2/h3-4,6,8-9,11,15H,5,7,10,12-13H2,1-2H3/t15-/m0/s1. The van der Waals surface area contributed by atoms with E-state index in [1.54, 1.807) is 7.11 Å². The molecule has 112 valence electrons. The molecule has 2 heterocycles. The van der Waals surface area contributed by atoms with E-state index >= 15 is 0 Å². The van der Waals surface area contributed by atoms with Crippen LogP contribution in [0.15, 0.2) is 36.7 Å². The number of nitrogens with zero attached hydrogens (tertiary/aromatic N) is 3. The highest BCUT2D eigenvalue weighted by atomic mass is 16.5. The van der Waals surface area contributed by atoms with Crippen LogP contribution in [0, 0.1) is 0 Å². The number of ether oxygens (including phenoxy) is 1. The number of aryl methyl sites for hydroxylation is 1. The fraction of sp³-hybridized carbons (Fsp3) is 0.471. The van der Waals surface area contributed by atoms with Gasteiger partial charge < -0.3 is 9.30 Å². The van der Waals surface area contributed by atoms with Crippen LogP contribution in [0.2, 0.25) is 0 Å². The van der Waals surface area contributed by atoms with Crippen LogP contribution in [-0.4, -0.2) is 34.1 Å². The smallest absolute Gasteiger partial charge is 0.122 e. The highest BCUT2D eigenvalue weighted by Gasteiger charge is 2.26. The van der Waals surface area contributed by atoms with Crippen LogP contribution in [-0.2, 0) is 20.0 Å². The Morgan fingerprint density at radius 2 is 2.19 bits per heavy atom. The summed E-state index contributed by atoms with van der Waals surface area (Å²) < 4.78 is 7.59. The molecule has 0 aliphatic carbocycles. The Kier molecular flexibility index (Phi) is 4.25. The van der Waals surface area contributed by atoms with Gasteiger partial charge in [-0.05, 0) is 37.4 Å². The summed E-state index contributed by atoms with van der Waals surface area (Å²) in [5.41, 5.74) is 1.30. The van der Waals surface area contributed by atoms with E-state index in [4.69, 9.17) is 4.74 Å². The van der Waals surface area contributed by atoms with E-state index in [1.165, 1.54) is 18.4 Å². The van der Waals surface area contributed by atoms with Crippen LogP contribution >= 0.6 is 0 Å². The average molecular weight is 285 g/mol. The van der Waals surface area contributed by atoms with Crippen LogP contribution in [0.25, 0.3) is 0 Å². The SMILES string of the molecule is COc1ccccc1C[C@@H]1CCCN1Cc1nccn1C. The number of likely N-dealkylation sites (tertiary alicyclic amines) is 1. The molecule has 0 amide bonds. The summed E-state index contributed by atoms with van der Waals surface area (Å²) >= 11 is 0. The van der Waals surface area contributed by atoms with Gasteiger partial charge in [0.15, 0.2) is 0 Å². The monoisotopic (exact) mass is 285 g/mol. The van der Waals surface area contributed by atoms with Gasteiger partial charge in [-0.15, -0.1) is 0 Å². The minimum Gasteiger partial charge on any atom is -0.496 e. The molecule has 1 aromatic carbocycles. The molecule has 1 fully saturated rings. The lowest BCUT2D eigenvalue weighted by Gasteiger charge is -2.24. The Morgan fingerprint density at radius 1 is 1.33 bits per heavy atom. The Labute approximate surface area is 126 Å². The number of rotatable bonds is 5. The van der Waals surface area contributed by atoms with Crippen molar-refractivity contribution in [2.75, 3.05) is 13.7 Å². The number of para-hydroxylation sites is 1. The molecule has 0 unspecified atom stereocenters. The fourth-order valence-corrected chi connectivity index (χ4v) is 3.19. The minimum absolute atomic E-state index is 0.581. The highest BCUT2D eigenvalue weighted by Crippen LogP contribution is 2.26. The zero-order valence-corrected chi connectivity index (χ0v) is 12.8. The molecule has 1 atom stereocenters. The molecule has 1 saturated heterocycles. The zero-order valence-electron chi connectivity index (χ0n) is 12.8. The predicted molar refractivity (Wildman–Crippen MR) is 83.3 cm³/mol. The normalized spacial score (nSPS) is 19.0. The first kappa shape index (κ1) is 14.1. The maximum Gasteiger partial charge on any atom is 0.122 e. The van der Waals surface area contributed by atoms with Crippen molar-refractivity contribution >= 4 is 0 Å². The molecule has 1 aliphatic rings. The topological polar surface area (TPSA) is 30.3 Å². The first-order valence-corrected chi connectivity index (χ1v) is 7.60. The lowest BCUT2D eigenvalue weighted by Crippen LogP contribution is -2.31. The van der Waals surface area contributed by atoms with Gasteiger partial charge in [-0.3, -0.25) is 4.90 Å². The summed E-state index contributed by atoms with van der Waals surface area (Å²) in [7, 11) is 3.81. The van der Waals surface area contributed by atoms with Gasteiger partial charge in [-0.1, -0.05) is 18.2 Å². The minimum atomic E-state index is 0.581. The Balaban J connectivity index is 1.71. The zero-order chi connectivity index (χ0) is 14.7. The third-order valence-electron chi connectivity index (χ3n) is 4.41. The molecule has 0 N–H and O–H groups in total. The maximum atomic E-state index is 5.48. The summed E-state index contributed by atoms with van der Waals surface area (Å²) in [6.45, 7) is 2.09. The number of hydrogen-bond donors (Lipinski definition) is 0. The summed E-state index contributed by atoms with van der Waals surface area (Å²) in [6.07, 6.45) is 7.46. The third kappa shape index (κ3) is 3.10. The van der Waals surface area contributed by atoms with Crippen molar-refractivity contribution < 1.29 is 4.74 Å². The molecule has 1 aromatic heterocycles. The number of hydrogen-bond acceptors (Lipinski definition) is 3. The fourth-order valence-electron chi connectivity index (χ4n) is 3.19. The Hall–Kier alpha value is -1.81. The predicted octanol–water partition coefficient (Wildman–Crippen LogP) is 2.64. The second-order valence-electron chi connectivity index (χ2n) is 5.74. The molecule has 21 heavy (non-hydrogen) atoms. The molecule has 0 radical (unpaired) electrons. The largest absolute Gasteiger partial charge is 0.496 e. The van der Waals surface area contributed by atoms with Crippen LogP contribution < -0.4 is 4.74 Å². The first-order valence-electron chi connectivity index (χ1n) is 7.60. The number of imidazole rings is 1. The van der Waals surface area contributed by atoms with E-state index in [0.29, 0.717) is 6.04 Å². The number of aromatic nitrogens is 2. The molecule has 2 aromatic rings. The number of benzene rings is 1. The highest BCUT2D eigenvalue weighted by molar-refractivity contribution is 5.34. The van der Waals surface area contributed by atoms with Crippen molar-refractivity contribution in [1.29, 1.82) is 0 Å². The maximum absolute atomic E-state index is 5.48.